The van der Waals surface area contributed by atoms with Crippen LogP contribution in [-0.2, 0) is 0 Å². The van der Waals surface area contributed by atoms with Gasteiger partial charge in [0.2, 0.25) is 5.82 Å². The van der Waals surface area contributed by atoms with Crippen molar-refractivity contribution in [3.8, 4) is 5.69 Å². The molecule has 5 nitrogen and oxygen atoms in total. The number of nitrogens with zero attached hydrogens (tertiary/aromatic N) is 4. The van der Waals surface area contributed by atoms with Gasteiger partial charge in [-0.05, 0) is 56.4 Å². The highest BCUT2D eigenvalue weighted by atomic mass is 35.5. The summed E-state index contributed by atoms with van der Waals surface area (Å²) in [4.78, 5) is 19.2. The number of aromatic nitrogens is 3. The Labute approximate surface area is 147 Å². The van der Waals surface area contributed by atoms with E-state index in [0.29, 0.717) is 22.8 Å². The lowest BCUT2D eigenvalue weighted by atomic mass is 10.1. The summed E-state index contributed by atoms with van der Waals surface area (Å²) >= 11 is 5.93. The second-order valence-corrected chi connectivity index (χ2v) is 7.22. The minimum absolute atomic E-state index is 0.0611. The Morgan fingerprint density at radius 3 is 2.58 bits per heavy atom. The van der Waals surface area contributed by atoms with E-state index in [1.165, 1.54) is 0 Å². The van der Waals surface area contributed by atoms with Gasteiger partial charge in [0, 0.05) is 17.6 Å². The molecule has 0 radical (unpaired) electrons. The minimum Gasteiger partial charge on any atom is -0.333 e. The van der Waals surface area contributed by atoms with Gasteiger partial charge >= 0.3 is 0 Å². The van der Waals surface area contributed by atoms with Gasteiger partial charge < -0.3 is 4.90 Å². The number of aryl methyl sites for hydroxylation is 1. The van der Waals surface area contributed by atoms with E-state index in [4.69, 9.17) is 11.6 Å². The molecule has 0 saturated heterocycles. The Bertz CT molecular complexity index is 719. The molecular weight excluding hydrogens is 324 g/mol. The van der Waals surface area contributed by atoms with Crippen molar-refractivity contribution in [3.05, 3.63) is 40.9 Å². The Hall–Kier alpha value is -1.88. The van der Waals surface area contributed by atoms with Crippen LogP contribution in [-0.4, -0.2) is 38.2 Å². The molecular formula is C18H23ClN4O. The van der Waals surface area contributed by atoms with E-state index in [0.717, 1.165) is 31.5 Å². The summed E-state index contributed by atoms with van der Waals surface area (Å²) in [6.07, 6.45) is 3.17. The summed E-state index contributed by atoms with van der Waals surface area (Å²) in [6, 6.07) is 7.71. The van der Waals surface area contributed by atoms with E-state index in [2.05, 4.69) is 23.9 Å². The van der Waals surface area contributed by atoms with Crippen LogP contribution in [0.2, 0.25) is 5.02 Å². The molecule has 0 unspecified atom stereocenters. The van der Waals surface area contributed by atoms with Crippen molar-refractivity contribution in [2.75, 3.05) is 6.54 Å². The zero-order valence-electron chi connectivity index (χ0n) is 14.4. The Kier molecular flexibility index (Phi) is 4.90. The topological polar surface area (TPSA) is 51.0 Å². The Balaban J connectivity index is 1.82. The normalized spacial score (nSPS) is 14.2. The third-order valence-electron chi connectivity index (χ3n) is 4.23. The maximum Gasteiger partial charge on any atom is 0.293 e. The predicted molar refractivity (Wildman–Crippen MR) is 94.6 cm³/mol. The van der Waals surface area contributed by atoms with Crippen LogP contribution in [0.4, 0.5) is 0 Å². The second kappa shape index (κ2) is 6.93. The van der Waals surface area contributed by atoms with E-state index >= 15 is 0 Å². The maximum atomic E-state index is 12.9. The minimum atomic E-state index is -0.0611. The molecule has 1 aliphatic carbocycles. The van der Waals surface area contributed by atoms with Crippen molar-refractivity contribution in [1.82, 2.24) is 19.7 Å². The molecule has 0 bridgehead atoms. The van der Waals surface area contributed by atoms with Gasteiger partial charge in [-0.3, -0.25) is 4.79 Å². The molecule has 1 heterocycles. The zero-order chi connectivity index (χ0) is 17.3. The van der Waals surface area contributed by atoms with Crippen LogP contribution >= 0.6 is 11.6 Å². The first-order chi connectivity index (χ1) is 11.5. The number of hydrogen-bond acceptors (Lipinski definition) is 3. The van der Waals surface area contributed by atoms with Gasteiger partial charge in [0.25, 0.3) is 5.91 Å². The SMILES string of the molecule is Cc1nc(C(=O)N(CCC(C)C)C2CC2)nn1-c1ccc(Cl)cc1. The molecule has 0 N–H and O–H groups in total. The van der Waals surface area contributed by atoms with Gasteiger partial charge in [0.05, 0.1) is 5.69 Å². The molecule has 1 fully saturated rings. The second-order valence-electron chi connectivity index (χ2n) is 6.78. The summed E-state index contributed by atoms with van der Waals surface area (Å²) in [5, 5.41) is 5.11. The van der Waals surface area contributed by atoms with Crippen molar-refractivity contribution < 1.29 is 4.79 Å². The number of benzene rings is 1. The number of carbonyl (C=O) groups is 1. The lowest BCUT2D eigenvalue weighted by Crippen LogP contribution is -2.35. The van der Waals surface area contributed by atoms with Crippen LogP contribution in [0.25, 0.3) is 5.69 Å². The molecule has 1 amide bonds. The standard InChI is InChI=1S/C18H23ClN4O/c1-12(2)10-11-22(15-8-9-15)18(24)17-20-13(3)23(21-17)16-6-4-14(19)5-7-16/h4-7,12,15H,8-11H2,1-3H3. The fourth-order valence-corrected chi connectivity index (χ4v) is 2.80. The molecule has 0 atom stereocenters. The maximum absolute atomic E-state index is 12.9. The Morgan fingerprint density at radius 1 is 1.33 bits per heavy atom. The molecule has 1 aromatic heterocycles. The molecule has 1 saturated carbocycles. The summed E-state index contributed by atoms with van der Waals surface area (Å²) < 4.78 is 1.69. The lowest BCUT2D eigenvalue weighted by molar-refractivity contribution is 0.0723. The largest absolute Gasteiger partial charge is 0.333 e. The highest BCUT2D eigenvalue weighted by Gasteiger charge is 2.34. The summed E-state index contributed by atoms with van der Waals surface area (Å²) in [5.74, 6) is 1.48. The van der Waals surface area contributed by atoms with Crippen LogP contribution in [0.15, 0.2) is 24.3 Å². The third kappa shape index (κ3) is 3.78. The van der Waals surface area contributed by atoms with Gasteiger partial charge in [-0.25, -0.2) is 9.67 Å². The molecule has 24 heavy (non-hydrogen) atoms. The number of halogens is 1. The van der Waals surface area contributed by atoms with Gasteiger partial charge in [0.15, 0.2) is 0 Å². The fourth-order valence-electron chi connectivity index (χ4n) is 2.67. The van der Waals surface area contributed by atoms with Crippen LogP contribution in [0.3, 0.4) is 0 Å². The number of rotatable bonds is 6. The molecule has 1 aromatic carbocycles. The average Bonchev–Trinajstić information content (AvgIpc) is 3.30. The monoisotopic (exact) mass is 346 g/mol. The molecule has 2 aromatic rings. The number of hydrogen-bond donors (Lipinski definition) is 0. The van der Waals surface area contributed by atoms with E-state index in [-0.39, 0.29) is 11.7 Å². The highest BCUT2D eigenvalue weighted by Crippen LogP contribution is 2.28. The zero-order valence-corrected chi connectivity index (χ0v) is 15.1. The first kappa shape index (κ1) is 17.0. The highest BCUT2D eigenvalue weighted by molar-refractivity contribution is 6.30. The molecule has 1 aliphatic rings. The predicted octanol–water partition coefficient (Wildman–Crippen LogP) is 3.88. The average molecular weight is 347 g/mol. The molecule has 128 valence electrons. The van der Waals surface area contributed by atoms with Crippen LogP contribution in [0, 0.1) is 12.8 Å². The summed E-state index contributed by atoms with van der Waals surface area (Å²) in [6.45, 7) is 6.98. The van der Waals surface area contributed by atoms with Gasteiger partial charge in [-0.1, -0.05) is 25.4 Å². The molecule has 0 spiro atoms. The molecule has 3 rings (SSSR count). The van der Waals surface area contributed by atoms with Crippen molar-refractivity contribution in [2.24, 2.45) is 5.92 Å². The smallest absolute Gasteiger partial charge is 0.293 e. The molecule has 0 aliphatic heterocycles. The molecule has 6 heteroatoms. The van der Waals surface area contributed by atoms with Gasteiger partial charge in [0.1, 0.15) is 5.82 Å². The van der Waals surface area contributed by atoms with Crippen molar-refractivity contribution in [2.45, 2.75) is 46.1 Å². The number of carbonyl (C=O) groups excluding carboxylic acids is 1. The fraction of sp³-hybridized carbons (Fsp3) is 0.500. The van der Waals surface area contributed by atoms with E-state index in [9.17, 15) is 4.79 Å². The summed E-state index contributed by atoms with van der Waals surface area (Å²) in [7, 11) is 0. The third-order valence-corrected chi connectivity index (χ3v) is 4.48. The van der Waals surface area contributed by atoms with Crippen molar-refractivity contribution in [1.29, 1.82) is 0 Å². The quantitative estimate of drug-likeness (QED) is 0.797. The van der Waals surface area contributed by atoms with E-state index in [1.807, 2.05) is 24.0 Å². The van der Waals surface area contributed by atoms with Crippen LogP contribution in [0.5, 0.6) is 0 Å². The first-order valence-corrected chi connectivity index (χ1v) is 8.84. The van der Waals surface area contributed by atoms with Crippen LogP contribution < -0.4 is 0 Å². The summed E-state index contributed by atoms with van der Waals surface area (Å²) in [5.41, 5.74) is 0.851. The van der Waals surface area contributed by atoms with E-state index < -0.39 is 0 Å². The van der Waals surface area contributed by atoms with Gasteiger partial charge in [-0.15, -0.1) is 5.10 Å². The van der Waals surface area contributed by atoms with Gasteiger partial charge in [-0.2, -0.15) is 0 Å². The van der Waals surface area contributed by atoms with Crippen molar-refractivity contribution >= 4 is 17.5 Å². The number of amides is 1. The first-order valence-electron chi connectivity index (χ1n) is 8.46. The van der Waals surface area contributed by atoms with Crippen LogP contribution in [0.1, 0.15) is 49.6 Å². The lowest BCUT2D eigenvalue weighted by Gasteiger charge is -2.21. The van der Waals surface area contributed by atoms with E-state index in [1.54, 1.807) is 16.8 Å². The Morgan fingerprint density at radius 2 is 2.00 bits per heavy atom. The van der Waals surface area contributed by atoms with Crippen molar-refractivity contribution in [3.63, 3.8) is 0 Å².